The summed E-state index contributed by atoms with van der Waals surface area (Å²) in [7, 11) is 0. The lowest BCUT2D eigenvalue weighted by Gasteiger charge is -2.32. The van der Waals surface area contributed by atoms with E-state index >= 15 is 0 Å². The summed E-state index contributed by atoms with van der Waals surface area (Å²) in [5.74, 6) is 0. The fourth-order valence-corrected chi connectivity index (χ4v) is 5.15. The van der Waals surface area contributed by atoms with Crippen molar-refractivity contribution in [1.82, 2.24) is 0 Å². The number of fused-ring (bicyclic) bond motifs is 3. The van der Waals surface area contributed by atoms with Crippen LogP contribution in [0.2, 0.25) is 0 Å². The largest absolute Gasteiger partial charge is 0.0642 e. The van der Waals surface area contributed by atoms with Gasteiger partial charge in [-0.05, 0) is 57.6 Å². The Balaban J connectivity index is 2.36. The molecule has 0 aromatic heterocycles. The van der Waals surface area contributed by atoms with Crippen LogP contribution in [0.4, 0.5) is 0 Å². The Labute approximate surface area is 168 Å². The van der Waals surface area contributed by atoms with Gasteiger partial charge in [0.05, 0.1) is 0 Å². The zero-order valence-corrected chi connectivity index (χ0v) is 19.3. The molecule has 0 bridgehead atoms. The van der Waals surface area contributed by atoms with Crippen LogP contribution in [0.5, 0.6) is 0 Å². The van der Waals surface area contributed by atoms with Gasteiger partial charge in [0.15, 0.2) is 0 Å². The van der Waals surface area contributed by atoms with Crippen LogP contribution in [0, 0.1) is 0 Å². The maximum Gasteiger partial charge on any atom is 0.0259 e. The molecule has 26 heavy (non-hydrogen) atoms. The first kappa shape index (κ1) is 19.7. The molecule has 0 saturated heterocycles. The van der Waals surface area contributed by atoms with Crippen LogP contribution < -0.4 is 0 Å². The summed E-state index contributed by atoms with van der Waals surface area (Å²) in [6.45, 7) is 18.5. The fraction of sp³-hybridized carbons (Fsp3) is 0.520. The van der Waals surface area contributed by atoms with E-state index in [1.54, 1.807) is 0 Å². The molecule has 0 nitrogen and oxygen atoms in total. The summed E-state index contributed by atoms with van der Waals surface area (Å²) < 4.78 is 1.24. The van der Waals surface area contributed by atoms with E-state index in [2.05, 4.69) is 102 Å². The summed E-state index contributed by atoms with van der Waals surface area (Å²) >= 11 is 3.93. The molecule has 0 unspecified atom stereocenters. The van der Waals surface area contributed by atoms with Crippen molar-refractivity contribution in [1.29, 1.82) is 0 Å². The Morgan fingerprint density at radius 2 is 1.31 bits per heavy atom. The first-order valence-electron chi connectivity index (χ1n) is 9.95. The SMILES string of the molecule is CCC1(CC)c2cc(C(C)(C)C)ccc2-c2c(Br)cc(C(C)(C)C)cc21. The van der Waals surface area contributed by atoms with Gasteiger partial charge in [-0.15, -0.1) is 0 Å². The minimum absolute atomic E-state index is 0.121. The van der Waals surface area contributed by atoms with Gasteiger partial charge in [-0.1, -0.05) is 95.6 Å². The normalized spacial score (nSPS) is 15.7. The summed E-state index contributed by atoms with van der Waals surface area (Å²) in [4.78, 5) is 0. The van der Waals surface area contributed by atoms with E-state index in [4.69, 9.17) is 0 Å². The smallest absolute Gasteiger partial charge is 0.0259 e. The third-order valence-electron chi connectivity index (χ3n) is 6.35. The second-order valence-electron chi connectivity index (χ2n) is 9.93. The third kappa shape index (κ3) is 2.87. The van der Waals surface area contributed by atoms with Crippen LogP contribution in [0.15, 0.2) is 34.8 Å². The van der Waals surface area contributed by atoms with E-state index in [-0.39, 0.29) is 16.2 Å². The Morgan fingerprint density at radius 3 is 1.81 bits per heavy atom. The maximum absolute atomic E-state index is 3.93. The first-order chi connectivity index (χ1) is 12.0. The minimum Gasteiger partial charge on any atom is -0.0642 e. The molecule has 0 amide bonds. The van der Waals surface area contributed by atoms with Gasteiger partial charge in [0.1, 0.15) is 0 Å². The molecule has 0 aliphatic heterocycles. The first-order valence-corrected chi connectivity index (χ1v) is 10.7. The van der Waals surface area contributed by atoms with Gasteiger partial charge < -0.3 is 0 Å². The molecule has 0 N–H and O–H groups in total. The van der Waals surface area contributed by atoms with Crippen LogP contribution in [0.1, 0.15) is 90.5 Å². The van der Waals surface area contributed by atoms with Crippen molar-refractivity contribution < 1.29 is 0 Å². The average molecular weight is 413 g/mol. The molecule has 1 aliphatic carbocycles. The predicted molar refractivity (Wildman–Crippen MR) is 118 cm³/mol. The molecule has 0 heterocycles. The summed E-state index contributed by atoms with van der Waals surface area (Å²) in [6.07, 6.45) is 2.27. The van der Waals surface area contributed by atoms with Gasteiger partial charge in [0.25, 0.3) is 0 Å². The Morgan fingerprint density at radius 1 is 0.769 bits per heavy atom. The van der Waals surface area contributed by atoms with Crippen molar-refractivity contribution in [3.63, 3.8) is 0 Å². The van der Waals surface area contributed by atoms with Gasteiger partial charge in [0, 0.05) is 15.5 Å². The Hall–Kier alpha value is -1.08. The molecule has 0 radical (unpaired) electrons. The van der Waals surface area contributed by atoms with Gasteiger partial charge >= 0.3 is 0 Å². The zero-order valence-electron chi connectivity index (χ0n) is 17.7. The topological polar surface area (TPSA) is 0 Å². The van der Waals surface area contributed by atoms with E-state index in [9.17, 15) is 0 Å². The second kappa shape index (κ2) is 6.23. The highest BCUT2D eigenvalue weighted by Crippen LogP contribution is 2.56. The maximum atomic E-state index is 3.93. The lowest BCUT2D eigenvalue weighted by Crippen LogP contribution is -2.25. The Kier molecular flexibility index (Phi) is 4.71. The summed E-state index contributed by atoms with van der Waals surface area (Å²) in [5.41, 5.74) is 9.16. The molecular weight excluding hydrogens is 380 g/mol. The van der Waals surface area contributed by atoms with Crippen molar-refractivity contribution >= 4 is 15.9 Å². The highest BCUT2D eigenvalue weighted by atomic mass is 79.9. The molecule has 0 fully saturated rings. The van der Waals surface area contributed by atoms with E-state index in [1.807, 2.05) is 0 Å². The van der Waals surface area contributed by atoms with Crippen LogP contribution in [-0.4, -0.2) is 0 Å². The highest BCUT2D eigenvalue weighted by molar-refractivity contribution is 9.10. The van der Waals surface area contributed by atoms with Crippen LogP contribution >= 0.6 is 15.9 Å². The minimum atomic E-state index is 0.121. The molecule has 1 aliphatic rings. The number of rotatable bonds is 2. The van der Waals surface area contributed by atoms with Gasteiger partial charge in [-0.2, -0.15) is 0 Å². The van der Waals surface area contributed by atoms with Crippen LogP contribution in [-0.2, 0) is 16.2 Å². The van der Waals surface area contributed by atoms with Crippen molar-refractivity contribution in [2.24, 2.45) is 0 Å². The average Bonchev–Trinajstić information content (AvgIpc) is 2.83. The van der Waals surface area contributed by atoms with Crippen molar-refractivity contribution in [3.8, 4) is 11.1 Å². The van der Waals surface area contributed by atoms with E-state index in [1.165, 1.54) is 37.9 Å². The van der Waals surface area contributed by atoms with E-state index in [0.29, 0.717) is 0 Å². The Bertz CT molecular complexity index is 840. The molecule has 2 aromatic carbocycles. The van der Waals surface area contributed by atoms with Crippen molar-refractivity contribution in [2.45, 2.75) is 84.5 Å². The van der Waals surface area contributed by atoms with Crippen LogP contribution in [0.25, 0.3) is 11.1 Å². The molecular formula is C25H33Br. The number of hydrogen-bond donors (Lipinski definition) is 0. The number of benzene rings is 2. The standard InChI is InChI=1S/C25H33Br/c1-9-25(10-2)19-13-16(23(3,4)5)11-12-18(19)22-20(25)14-17(15-21(22)26)24(6,7)8/h11-15H,9-10H2,1-8H3. The van der Waals surface area contributed by atoms with E-state index < -0.39 is 0 Å². The van der Waals surface area contributed by atoms with Gasteiger partial charge in [-0.3, -0.25) is 0 Å². The second-order valence-corrected chi connectivity index (χ2v) is 10.8. The lowest BCUT2D eigenvalue weighted by atomic mass is 9.71. The number of hydrogen-bond acceptors (Lipinski definition) is 0. The van der Waals surface area contributed by atoms with Gasteiger partial charge in [-0.25, -0.2) is 0 Å². The molecule has 0 spiro atoms. The molecule has 2 aromatic rings. The molecule has 0 atom stereocenters. The van der Waals surface area contributed by atoms with Crippen LogP contribution in [0.3, 0.4) is 0 Å². The molecule has 140 valence electrons. The van der Waals surface area contributed by atoms with Crippen molar-refractivity contribution in [3.05, 3.63) is 57.1 Å². The third-order valence-corrected chi connectivity index (χ3v) is 6.97. The molecule has 1 heteroatoms. The van der Waals surface area contributed by atoms with Crippen molar-refractivity contribution in [2.75, 3.05) is 0 Å². The quantitative estimate of drug-likeness (QED) is 0.466. The summed E-state index contributed by atoms with van der Waals surface area (Å²) in [6, 6.07) is 12.0. The fourth-order valence-electron chi connectivity index (χ4n) is 4.47. The van der Waals surface area contributed by atoms with Gasteiger partial charge in [0.2, 0.25) is 0 Å². The predicted octanol–water partition coefficient (Wildman–Crippen LogP) is 8.13. The van der Waals surface area contributed by atoms with E-state index in [0.717, 1.165) is 12.8 Å². The lowest BCUT2D eigenvalue weighted by molar-refractivity contribution is 0.485. The monoisotopic (exact) mass is 412 g/mol. The summed E-state index contributed by atoms with van der Waals surface area (Å²) in [5, 5.41) is 0. The molecule has 0 saturated carbocycles. The molecule has 3 rings (SSSR count). The number of halogens is 1. The zero-order chi connectivity index (χ0) is 19.5. The highest BCUT2D eigenvalue weighted by Gasteiger charge is 2.42.